The first-order chi connectivity index (χ1) is 16.6. The molecule has 0 spiro atoms. The van der Waals surface area contributed by atoms with Crippen LogP contribution in [0.3, 0.4) is 0 Å². The maximum atomic E-state index is 12.8. The van der Waals surface area contributed by atoms with Gasteiger partial charge in [0.2, 0.25) is 0 Å². The minimum Gasteiger partial charge on any atom is -0.348 e. The number of fused-ring (bicyclic) bond motifs is 1. The van der Waals surface area contributed by atoms with Crippen molar-refractivity contribution < 1.29 is 4.79 Å². The molecule has 5 rings (SSSR count). The van der Waals surface area contributed by atoms with Crippen molar-refractivity contribution in [3.63, 3.8) is 0 Å². The maximum absolute atomic E-state index is 12.8. The summed E-state index contributed by atoms with van der Waals surface area (Å²) in [7, 11) is 0. The number of rotatable bonds is 5. The molecular formula is C29H24N4O. The molecule has 0 aliphatic rings. The van der Waals surface area contributed by atoms with Crippen LogP contribution in [0.25, 0.3) is 33.5 Å². The summed E-state index contributed by atoms with van der Waals surface area (Å²) in [6.07, 6.45) is 3.46. The summed E-state index contributed by atoms with van der Waals surface area (Å²) in [5, 5.41) is 2.95. The van der Waals surface area contributed by atoms with Gasteiger partial charge in [-0.05, 0) is 55.8 Å². The molecule has 0 saturated carbocycles. The number of nitrogens with zero attached hydrogens (tertiary/aromatic N) is 3. The summed E-state index contributed by atoms with van der Waals surface area (Å²) in [6.45, 7) is 4.55. The molecule has 3 aromatic carbocycles. The van der Waals surface area contributed by atoms with E-state index in [1.165, 1.54) is 0 Å². The number of carbonyl (C=O) groups excluding carboxylic acids is 1. The average molecular weight is 445 g/mol. The van der Waals surface area contributed by atoms with E-state index in [9.17, 15) is 4.79 Å². The molecule has 0 aliphatic heterocycles. The van der Waals surface area contributed by atoms with E-state index >= 15 is 0 Å². The Morgan fingerprint density at radius 3 is 2.06 bits per heavy atom. The van der Waals surface area contributed by atoms with Crippen LogP contribution in [-0.4, -0.2) is 20.9 Å². The first-order valence-electron chi connectivity index (χ1n) is 11.2. The Labute approximate surface area is 198 Å². The number of carbonyl (C=O) groups is 1. The van der Waals surface area contributed by atoms with Crippen molar-refractivity contribution >= 4 is 16.9 Å². The molecule has 0 aliphatic carbocycles. The Bertz CT molecular complexity index is 1500. The van der Waals surface area contributed by atoms with Crippen molar-refractivity contribution in [2.45, 2.75) is 20.4 Å². The molecular weight excluding hydrogens is 420 g/mol. The van der Waals surface area contributed by atoms with Crippen molar-refractivity contribution in [2.75, 3.05) is 0 Å². The van der Waals surface area contributed by atoms with Gasteiger partial charge < -0.3 is 5.32 Å². The van der Waals surface area contributed by atoms with E-state index in [-0.39, 0.29) is 5.91 Å². The van der Waals surface area contributed by atoms with Crippen LogP contribution in [0.2, 0.25) is 0 Å². The number of hydrogen-bond acceptors (Lipinski definition) is 4. The number of nitrogens with one attached hydrogen (secondary N) is 1. The van der Waals surface area contributed by atoms with Crippen molar-refractivity contribution in [2.24, 2.45) is 0 Å². The molecule has 0 bridgehead atoms. The number of pyridine rings is 1. The number of benzene rings is 3. The third-order valence-electron chi connectivity index (χ3n) is 5.69. The molecule has 0 atom stereocenters. The molecule has 34 heavy (non-hydrogen) atoms. The minimum absolute atomic E-state index is 0.160. The van der Waals surface area contributed by atoms with E-state index in [4.69, 9.17) is 9.97 Å². The fraction of sp³-hybridized carbons (Fsp3) is 0.103. The summed E-state index contributed by atoms with van der Waals surface area (Å²) in [4.78, 5) is 26.9. The van der Waals surface area contributed by atoms with Gasteiger partial charge >= 0.3 is 0 Å². The Hall–Kier alpha value is -4.38. The van der Waals surface area contributed by atoms with E-state index in [0.29, 0.717) is 17.6 Å². The highest BCUT2D eigenvalue weighted by Gasteiger charge is 2.15. The Balaban J connectivity index is 1.57. The highest BCUT2D eigenvalue weighted by Crippen LogP contribution is 2.32. The molecule has 0 saturated heterocycles. The lowest BCUT2D eigenvalue weighted by atomic mass is 10.0. The predicted molar refractivity (Wildman–Crippen MR) is 135 cm³/mol. The van der Waals surface area contributed by atoms with Crippen molar-refractivity contribution in [1.29, 1.82) is 0 Å². The smallest absolute Gasteiger partial charge is 0.251 e. The molecule has 1 N–H and O–H groups in total. The fourth-order valence-electron chi connectivity index (χ4n) is 3.97. The highest BCUT2D eigenvalue weighted by molar-refractivity contribution is 5.98. The van der Waals surface area contributed by atoms with Gasteiger partial charge in [-0.25, -0.2) is 9.97 Å². The van der Waals surface area contributed by atoms with Gasteiger partial charge in [0.25, 0.3) is 5.91 Å². The van der Waals surface area contributed by atoms with E-state index in [1.54, 1.807) is 24.5 Å². The Kier molecular flexibility index (Phi) is 5.83. The van der Waals surface area contributed by atoms with Crippen LogP contribution in [-0.2, 0) is 6.54 Å². The average Bonchev–Trinajstić information content (AvgIpc) is 2.87. The largest absolute Gasteiger partial charge is 0.348 e. The van der Waals surface area contributed by atoms with Crippen LogP contribution < -0.4 is 5.32 Å². The second-order valence-corrected chi connectivity index (χ2v) is 8.41. The molecule has 5 nitrogen and oxygen atoms in total. The zero-order chi connectivity index (χ0) is 23.5. The molecule has 166 valence electrons. The Morgan fingerprint density at radius 2 is 1.44 bits per heavy atom. The van der Waals surface area contributed by atoms with Crippen LogP contribution in [0.5, 0.6) is 0 Å². The second kappa shape index (κ2) is 9.24. The van der Waals surface area contributed by atoms with Gasteiger partial charge in [-0.3, -0.25) is 9.78 Å². The lowest BCUT2D eigenvalue weighted by Gasteiger charge is -2.12. The molecule has 5 heteroatoms. The first kappa shape index (κ1) is 21.5. The first-order valence-corrected chi connectivity index (χ1v) is 11.2. The highest BCUT2D eigenvalue weighted by atomic mass is 16.1. The third-order valence-corrected chi connectivity index (χ3v) is 5.69. The number of aromatic nitrogens is 3. The predicted octanol–water partition coefficient (Wildman–Crippen LogP) is 5.91. The van der Waals surface area contributed by atoms with Crippen molar-refractivity contribution in [3.05, 3.63) is 114 Å². The van der Waals surface area contributed by atoms with Crippen LogP contribution in [0.4, 0.5) is 0 Å². The van der Waals surface area contributed by atoms with Gasteiger partial charge in [0.05, 0.1) is 22.4 Å². The summed E-state index contributed by atoms with van der Waals surface area (Å²) in [5.74, 6) is -0.160. The quantitative estimate of drug-likeness (QED) is 0.366. The number of hydrogen-bond donors (Lipinski definition) is 1. The standard InChI is InChI=1S/C29H24N4O/c1-19-6-3-9-22(14-19)27-28(23-10-4-7-20(2)15-23)33-26-16-24(11-12-25(26)32-27)29(34)31-18-21-8-5-13-30-17-21/h3-17H,18H2,1-2H3,(H,31,34). The molecule has 0 radical (unpaired) electrons. The molecule has 0 unspecified atom stereocenters. The van der Waals surface area contributed by atoms with Crippen LogP contribution in [0, 0.1) is 13.8 Å². The van der Waals surface area contributed by atoms with E-state index in [2.05, 4.69) is 54.5 Å². The lowest BCUT2D eigenvalue weighted by Crippen LogP contribution is -2.22. The van der Waals surface area contributed by atoms with Gasteiger partial charge in [0.15, 0.2) is 0 Å². The summed E-state index contributed by atoms with van der Waals surface area (Å²) in [5.41, 5.74) is 8.88. The third kappa shape index (κ3) is 4.55. The molecule has 1 amide bonds. The van der Waals surface area contributed by atoms with E-state index in [0.717, 1.165) is 44.7 Å². The van der Waals surface area contributed by atoms with Crippen LogP contribution >= 0.6 is 0 Å². The topological polar surface area (TPSA) is 67.8 Å². The van der Waals surface area contributed by atoms with Crippen molar-refractivity contribution in [1.82, 2.24) is 20.3 Å². The molecule has 0 fully saturated rings. The Morgan fingerprint density at radius 1 is 0.765 bits per heavy atom. The fourth-order valence-corrected chi connectivity index (χ4v) is 3.97. The van der Waals surface area contributed by atoms with Gasteiger partial charge in [-0.1, -0.05) is 53.6 Å². The zero-order valence-electron chi connectivity index (χ0n) is 19.1. The molecule has 2 aromatic heterocycles. The SMILES string of the molecule is Cc1cccc(-c2nc3ccc(C(=O)NCc4cccnc4)cc3nc2-c2cccc(C)c2)c1. The summed E-state index contributed by atoms with van der Waals surface area (Å²) >= 11 is 0. The van der Waals surface area contributed by atoms with E-state index in [1.807, 2.05) is 36.4 Å². The lowest BCUT2D eigenvalue weighted by molar-refractivity contribution is 0.0951. The molecule has 5 aromatic rings. The number of amides is 1. The second-order valence-electron chi connectivity index (χ2n) is 8.41. The monoisotopic (exact) mass is 444 g/mol. The van der Waals surface area contributed by atoms with Gasteiger partial charge in [0, 0.05) is 35.6 Å². The summed E-state index contributed by atoms with van der Waals surface area (Å²) in [6, 6.07) is 25.8. The normalized spacial score (nSPS) is 10.9. The number of aryl methyl sites for hydroxylation is 2. The minimum atomic E-state index is -0.160. The van der Waals surface area contributed by atoms with Crippen LogP contribution in [0.15, 0.2) is 91.3 Å². The van der Waals surface area contributed by atoms with E-state index < -0.39 is 0 Å². The van der Waals surface area contributed by atoms with Crippen molar-refractivity contribution in [3.8, 4) is 22.5 Å². The van der Waals surface area contributed by atoms with Gasteiger partial charge in [0.1, 0.15) is 0 Å². The molecule has 2 heterocycles. The zero-order valence-corrected chi connectivity index (χ0v) is 19.1. The van der Waals surface area contributed by atoms with Crippen LogP contribution in [0.1, 0.15) is 27.0 Å². The summed E-state index contributed by atoms with van der Waals surface area (Å²) < 4.78 is 0. The van der Waals surface area contributed by atoms with Gasteiger partial charge in [-0.2, -0.15) is 0 Å². The maximum Gasteiger partial charge on any atom is 0.251 e. The van der Waals surface area contributed by atoms with Gasteiger partial charge in [-0.15, -0.1) is 0 Å².